The fourth-order valence-electron chi connectivity index (χ4n) is 3.28. The summed E-state index contributed by atoms with van der Waals surface area (Å²) in [5.74, 6) is 0.829. The summed E-state index contributed by atoms with van der Waals surface area (Å²) in [5.41, 5.74) is -0.0513. The maximum absolute atomic E-state index is 11.6. The first-order chi connectivity index (χ1) is 7.68. The zero-order chi connectivity index (χ0) is 11.6. The van der Waals surface area contributed by atoms with E-state index in [0.717, 1.165) is 6.42 Å². The summed E-state index contributed by atoms with van der Waals surface area (Å²) in [6.07, 6.45) is 8.77. The molecule has 1 saturated carbocycles. The van der Waals surface area contributed by atoms with Crippen molar-refractivity contribution < 1.29 is 4.79 Å². The van der Waals surface area contributed by atoms with Gasteiger partial charge in [-0.15, -0.1) is 0 Å². The van der Waals surface area contributed by atoms with Crippen LogP contribution in [0, 0.1) is 5.92 Å². The fourth-order valence-corrected chi connectivity index (χ4v) is 3.28. The Morgan fingerprint density at radius 1 is 1.44 bits per heavy atom. The molecular formula is C13H24N2O. The molecule has 0 radical (unpaired) electrons. The summed E-state index contributed by atoms with van der Waals surface area (Å²) in [7, 11) is 0. The third-order valence-corrected chi connectivity index (χ3v) is 4.19. The van der Waals surface area contributed by atoms with Crippen LogP contribution in [0.5, 0.6) is 0 Å². The SMILES string of the molecule is CCCCCC1CCCC12NC(=O)C(C)N2. The molecule has 1 spiro atoms. The van der Waals surface area contributed by atoms with Crippen LogP contribution in [0.4, 0.5) is 0 Å². The maximum atomic E-state index is 11.6. The molecular weight excluding hydrogens is 200 g/mol. The highest BCUT2D eigenvalue weighted by Crippen LogP contribution is 2.39. The molecule has 0 aromatic rings. The number of hydrogen-bond acceptors (Lipinski definition) is 2. The number of amides is 1. The van der Waals surface area contributed by atoms with Gasteiger partial charge in [0.05, 0.1) is 11.7 Å². The van der Waals surface area contributed by atoms with Crippen LogP contribution in [0.25, 0.3) is 0 Å². The third kappa shape index (κ3) is 2.10. The van der Waals surface area contributed by atoms with Crippen LogP contribution >= 0.6 is 0 Å². The number of hydrogen-bond donors (Lipinski definition) is 2. The lowest BCUT2D eigenvalue weighted by molar-refractivity contribution is -0.120. The Labute approximate surface area is 98.4 Å². The van der Waals surface area contributed by atoms with Crippen molar-refractivity contribution in [2.45, 2.75) is 70.5 Å². The molecule has 0 aromatic heterocycles. The fraction of sp³-hybridized carbons (Fsp3) is 0.923. The summed E-state index contributed by atoms with van der Waals surface area (Å²) in [5, 5.41) is 6.70. The van der Waals surface area contributed by atoms with Gasteiger partial charge in [0, 0.05) is 0 Å². The van der Waals surface area contributed by atoms with Gasteiger partial charge in [0.15, 0.2) is 0 Å². The van der Waals surface area contributed by atoms with Crippen molar-refractivity contribution >= 4 is 5.91 Å². The third-order valence-electron chi connectivity index (χ3n) is 4.19. The van der Waals surface area contributed by atoms with Gasteiger partial charge in [0.2, 0.25) is 5.91 Å². The van der Waals surface area contributed by atoms with E-state index in [1.165, 1.54) is 38.5 Å². The van der Waals surface area contributed by atoms with Crippen LogP contribution < -0.4 is 10.6 Å². The maximum Gasteiger partial charge on any atom is 0.238 e. The van der Waals surface area contributed by atoms with E-state index in [1.54, 1.807) is 0 Å². The van der Waals surface area contributed by atoms with Crippen LogP contribution in [0.2, 0.25) is 0 Å². The Morgan fingerprint density at radius 2 is 2.25 bits per heavy atom. The van der Waals surface area contributed by atoms with Crippen LogP contribution in [0.15, 0.2) is 0 Å². The van der Waals surface area contributed by atoms with Crippen molar-refractivity contribution in [1.29, 1.82) is 0 Å². The first kappa shape index (κ1) is 11.9. The normalized spacial score (nSPS) is 38.2. The molecule has 2 fully saturated rings. The number of nitrogens with one attached hydrogen (secondary N) is 2. The van der Waals surface area contributed by atoms with Gasteiger partial charge in [-0.05, 0) is 38.5 Å². The van der Waals surface area contributed by atoms with Gasteiger partial charge in [0.25, 0.3) is 0 Å². The molecule has 2 N–H and O–H groups in total. The van der Waals surface area contributed by atoms with Crippen LogP contribution in [-0.4, -0.2) is 17.6 Å². The van der Waals surface area contributed by atoms with E-state index in [9.17, 15) is 4.79 Å². The molecule has 3 atom stereocenters. The molecule has 3 unspecified atom stereocenters. The van der Waals surface area contributed by atoms with Crippen molar-refractivity contribution in [3.63, 3.8) is 0 Å². The average molecular weight is 224 g/mol. The molecule has 1 saturated heterocycles. The average Bonchev–Trinajstić information content (AvgIpc) is 2.74. The van der Waals surface area contributed by atoms with E-state index in [4.69, 9.17) is 0 Å². The Balaban J connectivity index is 1.95. The first-order valence-electron chi connectivity index (χ1n) is 6.77. The molecule has 92 valence electrons. The minimum atomic E-state index is -0.0513. The van der Waals surface area contributed by atoms with Gasteiger partial charge in [-0.1, -0.05) is 26.2 Å². The Kier molecular flexibility index (Phi) is 3.53. The molecule has 1 aliphatic heterocycles. The zero-order valence-electron chi connectivity index (χ0n) is 10.5. The molecule has 0 aromatic carbocycles. The van der Waals surface area contributed by atoms with Gasteiger partial charge < -0.3 is 5.32 Å². The number of carbonyl (C=O) groups is 1. The highest BCUT2D eigenvalue weighted by atomic mass is 16.2. The highest BCUT2D eigenvalue weighted by molar-refractivity contribution is 5.84. The standard InChI is InChI=1S/C13H24N2O/c1-3-4-5-7-11-8-6-9-13(11)14-10(2)12(16)15-13/h10-11,14H,3-9H2,1-2H3,(H,15,16). The molecule has 1 amide bonds. The summed E-state index contributed by atoms with van der Waals surface area (Å²) < 4.78 is 0. The monoisotopic (exact) mass is 224 g/mol. The minimum absolute atomic E-state index is 0.00762. The lowest BCUT2D eigenvalue weighted by atomic mass is 9.91. The lowest BCUT2D eigenvalue weighted by Crippen LogP contribution is -2.53. The molecule has 0 bridgehead atoms. The van der Waals surface area contributed by atoms with Gasteiger partial charge in [-0.2, -0.15) is 0 Å². The first-order valence-corrected chi connectivity index (χ1v) is 6.77. The van der Waals surface area contributed by atoms with Crippen LogP contribution in [-0.2, 0) is 4.79 Å². The predicted octanol–water partition coefficient (Wildman–Crippen LogP) is 2.17. The molecule has 3 heteroatoms. The van der Waals surface area contributed by atoms with Crippen molar-refractivity contribution in [3.05, 3.63) is 0 Å². The summed E-state index contributed by atoms with van der Waals surface area (Å²) in [6, 6.07) is -0.00762. The molecule has 3 nitrogen and oxygen atoms in total. The van der Waals surface area contributed by atoms with E-state index in [0.29, 0.717) is 5.92 Å². The second kappa shape index (κ2) is 4.74. The molecule has 2 rings (SSSR count). The zero-order valence-corrected chi connectivity index (χ0v) is 10.5. The van der Waals surface area contributed by atoms with E-state index in [-0.39, 0.29) is 17.6 Å². The lowest BCUT2D eigenvalue weighted by Gasteiger charge is -2.32. The second-order valence-corrected chi connectivity index (χ2v) is 5.41. The smallest absolute Gasteiger partial charge is 0.238 e. The number of carbonyl (C=O) groups excluding carboxylic acids is 1. The van der Waals surface area contributed by atoms with E-state index in [2.05, 4.69) is 17.6 Å². The van der Waals surface area contributed by atoms with E-state index >= 15 is 0 Å². The Morgan fingerprint density at radius 3 is 2.88 bits per heavy atom. The topological polar surface area (TPSA) is 41.1 Å². The second-order valence-electron chi connectivity index (χ2n) is 5.41. The Bertz CT molecular complexity index is 267. The van der Waals surface area contributed by atoms with Gasteiger partial charge in [-0.3, -0.25) is 10.1 Å². The Hall–Kier alpha value is -0.570. The highest BCUT2D eigenvalue weighted by Gasteiger charge is 2.49. The van der Waals surface area contributed by atoms with Gasteiger partial charge in [-0.25, -0.2) is 0 Å². The van der Waals surface area contributed by atoms with Crippen LogP contribution in [0.3, 0.4) is 0 Å². The van der Waals surface area contributed by atoms with E-state index in [1.807, 2.05) is 6.92 Å². The minimum Gasteiger partial charge on any atom is -0.336 e. The number of rotatable bonds is 4. The van der Waals surface area contributed by atoms with Crippen molar-refractivity contribution in [2.75, 3.05) is 0 Å². The number of unbranched alkanes of at least 4 members (excludes halogenated alkanes) is 2. The molecule has 1 aliphatic carbocycles. The van der Waals surface area contributed by atoms with Crippen molar-refractivity contribution in [3.8, 4) is 0 Å². The van der Waals surface area contributed by atoms with E-state index < -0.39 is 0 Å². The van der Waals surface area contributed by atoms with Gasteiger partial charge in [0.1, 0.15) is 0 Å². The van der Waals surface area contributed by atoms with Gasteiger partial charge >= 0.3 is 0 Å². The summed E-state index contributed by atoms with van der Waals surface area (Å²) in [4.78, 5) is 11.6. The summed E-state index contributed by atoms with van der Waals surface area (Å²) >= 11 is 0. The van der Waals surface area contributed by atoms with Crippen molar-refractivity contribution in [1.82, 2.24) is 10.6 Å². The molecule has 1 heterocycles. The van der Waals surface area contributed by atoms with Crippen molar-refractivity contribution in [2.24, 2.45) is 5.92 Å². The molecule has 2 aliphatic rings. The van der Waals surface area contributed by atoms with Crippen LogP contribution in [0.1, 0.15) is 58.8 Å². The largest absolute Gasteiger partial charge is 0.336 e. The summed E-state index contributed by atoms with van der Waals surface area (Å²) in [6.45, 7) is 4.20. The predicted molar refractivity (Wildman–Crippen MR) is 65.0 cm³/mol. The molecule has 16 heavy (non-hydrogen) atoms. The quantitative estimate of drug-likeness (QED) is 0.719.